The average Bonchev–Trinajstić information content (AvgIpc) is 3.06. The van der Waals surface area contributed by atoms with Gasteiger partial charge in [0.05, 0.1) is 5.37 Å². The van der Waals surface area contributed by atoms with Crippen molar-refractivity contribution in [3.05, 3.63) is 90.5 Å². The number of carbonyl (C=O) groups is 1. The summed E-state index contributed by atoms with van der Waals surface area (Å²) in [5, 5.41) is 12.7. The monoisotopic (exact) mass is 404 g/mol. The highest BCUT2D eigenvalue weighted by Gasteiger charge is 2.45. The molecule has 29 heavy (non-hydrogen) atoms. The van der Waals surface area contributed by atoms with Crippen LogP contribution in [0.2, 0.25) is 0 Å². The summed E-state index contributed by atoms with van der Waals surface area (Å²) in [5.41, 5.74) is 4.32. The Morgan fingerprint density at radius 1 is 0.862 bits per heavy atom. The van der Waals surface area contributed by atoms with E-state index in [1.165, 1.54) is 0 Å². The second-order valence-corrected chi connectivity index (χ2v) is 9.40. The normalized spacial score (nSPS) is 20.3. The second kappa shape index (κ2) is 7.93. The van der Waals surface area contributed by atoms with Crippen molar-refractivity contribution in [2.75, 3.05) is 4.90 Å². The van der Waals surface area contributed by atoms with Gasteiger partial charge >= 0.3 is 5.97 Å². The van der Waals surface area contributed by atoms with Crippen molar-refractivity contribution < 1.29 is 9.90 Å². The number of nitrogens with one attached hydrogen (secondary N) is 1. The first-order valence-electron chi connectivity index (χ1n) is 9.62. The van der Waals surface area contributed by atoms with E-state index >= 15 is 0 Å². The summed E-state index contributed by atoms with van der Waals surface area (Å²) in [6, 6.07) is 28.3. The zero-order valence-corrected chi connectivity index (χ0v) is 17.3. The van der Waals surface area contributed by atoms with Gasteiger partial charge in [0, 0.05) is 21.8 Å². The van der Waals surface area contributed by atoms with Crippen molar-refractivity contribution in [3.63, 3.8) is 0 Å². The molecule has 2 atom stereocenters. The summed E-state index contributed by atoms with van der Waals surface area (Å²) in [7, 11) is 0. The molecule has 1 aliphatic rings. The van der Waals surface area contributed by atoms with Gasteiger partial charge < -0.3 is 10.0 Å². The number of carboxylic acid groups (broad SMARTS) is 1. The summed E-state index contributed by atoms with van der Waals surface area (Å²) < 4.78 is -0.366. The highest BCUT2D eigenvalue weighted by molar-refractivity contribution is 8.01. The SMILES string of the molecule is CC1(C)SC(c2ccc(N(c3ccccc3)c3ccccc3)cc2)N[C@H]1C(=O)O. The van der Waals surface area contributed by atoms with Gasteiger partial charge in [0.1, 0.15) is 6.04 Å². The molecule has 3 aromatic rings. The Labute approximate surface area is 175 Å². The molecule has 0 aliphatic carbocycles. The van der Waals surface area contributed by atoms with Crippen molar-refractivity contribution in [3.8, 4) is 0 Å². The van der Waals surface area contributed by atoms with Crippen LogP contribution < -0.4 is 10.2 Å². The number of nitrogens with zero attached hydrogens (tertiary/aromatic N) is 1. The average molecular weight is 405 g/mol. The minimum atomic E-state index is -0.805. The number of aliphatic carboxylic acids is 1. The molecule has 0 bridgehead atoms. The highest BCUT2D eigenvalue weighted by atomic mass is 32.2. The van der Waals surface area contributed by atoms with Gasteiger partial charge in [0.25, 0.3) is 0 Å². The van der Waals surface area contributed by atoms with Gasteiger partial charge in [-0.15, -0.1) is 11.8 Å². The smallest absolute Gasteiger partial charge is 0.322 e. The molecule has 0 aromatic heterocycles. The Hall–Kier alpha value is -2.76. The van der Waals surface area contributed by atoms with Crippen LogP contribution in [-0.2, 0) is 4.79 Å². The van der Waals surface area contributed by atoms with Crippen LogP contribution in [0.1, 0.15) is 24.8 Å². The van der Waals surface area contributed by atoms with E-state index in [1.807, 2.05) is 50.2 Å². The predicted molar refractivity (Wildman–Crippen MR) is 120 cm³/mol. The van der Waals surface area contributed by atoms with Crippen LogP contribution >= 0.6 is 11.8 Å². The van der Waals surface area contributed by atoms with Crippen LogP contribution in [0.15, 0.2) is 84.9 Å². The van der Waals surface area contributed by atoms with Crippen molar-refractivity contribution in [2.45, 2.75) is 30.0 Å². The molecule has 1 unspecified atom stereocenters. The third-order valence-electron chi connectivity index (χ3n) is 5.16. The standard InChI is InChI=1S/C24H24N2O2S/c1-24(2)21(23(27)28)25-22(29-24)17-13-15-20(16-14-17)26(18-9-5-3-6-10-18)19-11-7-4-8-12-19/h3-16,21-22,25H,1-2H3,(H,27,28)/t21-,22?/m0/s1. The molecule has 5 heteroatoms. The summed E-state index contributed by atoms with van der Waals surface area (Å²) in [6.45, 7) is 3.95. The van der Waals surface area contributed by atoms with Gasteiger partial charge in [-0.05, 0) is 55.8 Å². The Kier molecular flexibility index (Phi) is 5.35. The Morgan fingerprint density at radius 3 is 1.79 bits per heavy atom. The molecule has 0 saturated carbocycles. The van der Waals surface area contributed by atoms with Crippen LogP contribution in [0.4, 0.5) is 17.1 Å². The molecule has 1 aliphatic heterocycles. The number of para-hydroxylation sites is 2. The third-order valence-corrected chi connectivity index (χ3v) is 6.65. The Balaban J connectivity index is 1.64. The van der Waals surface area contributed by atoms with E-state index in [-0.39, 0.29) is 10.1 Å². The number of hydrogen-bond acceptors (Lipinski definition) is 4. The lowest BCUT2D eigenvalue weighted by molar-refractivity contribution is -0.139. The third kappa shape index (κ3) is 4.02. The molecule has 2 N–H and O–H groups in total. The lowest BCUT2D eigenvalue weighted by atomic mass is 10.0. The van der Waals surface area contributed by atoms with Gasteiger partial charge in [-0.3, -0.25) is 10.1 Å². The van der Waals surface area contributed by atoms with Crippen LogP contribution in [0, 0.1) is 0 Å². The first kappa shape index (κ1) is 19.6. The molecular formula is C24H24N2O2S. The zero-order chi connectivity index (χ0) is 20.4. The van der Waals surface area contributed by atoms with Gasteiger partial charge in [-0.1, -0.05) is 48.5 Å². The topological polar surface area (TPSA) is 52.6 Å². The van der Waals surface area contributed by atoms with E-state index in [0.29, 0.717) is 0 Å². The fraction of sp³-hybridized carbons (Fsp3) is 0.208. The van der Waals surface area contributed by atoms with E-state index in [9.17, 15) is 9.90 Å². The maximum absolute atomic E-state index is 11.6. The first-order valence-corrected chi connectivity index (χ1v) is 10.5. The molecule has 4 nitrogen and oxygen atoms in total. The van der Waals surface area contributed by atoms with Crippen molar-refractivity contribution >= 4 is 34.8 Å². The maximum atomic E-state index is 11.6. The number of hydrogen-bond donors (Lipinski definition) is 2. The summed E-state index contributed by atoms with van der Waals surface area (Å²) in [5.74, 6) is -0.805. The van der Waals surface area contributed by atoms with E-state index in [4.69, 9.17) is 0 Å². The van der Waals surface area contributed by atoms with Crippen LogP contribution in [0.5, 0.6) is 0 Å². The highest BCUT2D eigenvalue weighted by Crippen LogP contribution is 2.46. The Morgan fingerprint density at radius 2 is 1.34 bits per heavy atom. The summed E-state index contributed by atoms with van der Waals surface area (Å²) >= 11 is 1.66. The molecule has 0 amide bonds. The van der Waals surface area contributed by atoms with E-state index in [1.54, 1.807) is 11.8 Å². The van der Waals surface area contributed by atoms with Crippen LogP contribution in [-0.4, -0.2) is 21.9 Å². The maximum Gasteiger partial charge on any atom is 0.322 e. The van der Waals surface area contributed by atoms with Crippen LogP contribution in [0.25, 0.3) is 0 Å². The number of anilines is 3. The van der Waals surface area contributed by atoms with Gasteiger partial charge in [-0.2, -0.15) is 0 Å². The molecule has 1 fully saturated rings. The minimum absolute atomic E-state index is 0.0398. The quantitative estimate of drug-likeness (QED) is 0.569. The van der Waals surface area contributed by atoms with E-state index in [0.717, 1.165) is 22.6 Å². The van der Waals surface area contributed by atoms with Crippen molar-refractivity contribution in [2.24, 2.45) is 0 Å². The number of rotatable bonds is 5. The predicted octanol–water partition coefficient (Wildman–Crippen LogP) is 5.72. The van der Waals surface area contributed by atoms with Gasteiger partial charge in [0.15, 0.2) is 0 Å². The largest absolute Gasteiger partial charge is 0.480 e. The molecule has 148 valence electrons. The zero-order valence-electron chi connectivity index (χ0n) is 16.4. The fourth-order valence-corrected chi connectivity index (χ4v) is 5.10. The van der Waals surface area contributed by atoms with Crippen LogP contribution in [0.3, 0.4) is 0 Å². The molecule has 1 saturated heterocycles. The molecule has 0 spiro atoms. The molecular weight excluding hydrogens is 380 g/mol. The molecule has 0 radical (unpaired) electrons. The van der Waals surface area contributed by atoms with E-state index in [2.05, 4.69) is 58.7 Å². The lowest BCUT2D eigenvalue weighted by Crippen LogP contribution is -2.43. The molecule has 4 rings (SSSR count). The first-order chi connectivity index (χ1) is 14.0. The number of carboxylic acids is 1. The summed E-state index contributed by atoms with van der Waals surface area (Å²) in [6.07, 6.45) is 0. The Bertz CT molecular complexity index is 935. The fourth-order valence-electron chi connectivity index (χ4n) is 3.69. The van der Waals surface area contributed by atoms with Gasteiger partial charge in [0.2, 0.25) is 0 Å². The van der Waals surface area contributed by atoms with E-state index < -0.39 is 12.0 Å². The minimum Gasteiger partial charge on any atom is -0.480 e. The number of benzene rings is 3. The molecule has 3 aromatic carbocycles. The van der Waals surface area contributed by atoms with Crippen molar-refractivity contribution in [1.82, 2.24) is 5.32 Å². The lowest BCUT2D eigenvalue weighted by Gasteiger charge is -2.26. The summed E-state index contributed by atoms with van der Waals surface area (Å²) in [4.78, 5) is 13.8. The number of thioether (sulfide) groups is 1. The van der Waals surface area contributed by atoms with Crippen molar-refractivity contribution in [1.29, 1.82) is 0 Å². The molecule has 1 heterocycles. The second-order valence-electron chi connectivity index (χ2n) is 7.64. The van der Waals surface area contributed by atoms with Gasteiger partial charge in [-0.25, -0.2) is 0 Å².